The molecule has 26 heavy (non-hydrogen) atoms. The van der Waals surface area contributed by atoms with Crippen LogP contribution in [0.5, 0.6) is 11.5 Å². The second-order valence-electron chi connectivity index (χ2n) is 5.36. The summed E-state index contributed by atoms with van der Waals surface area (Å²) in [6.07, 6.45) is 5.51. The first-order chi connectivity index (χ1) is 12.7. The minimum absolute atomic E-state index is 0.301. The van der Waals surface area contributed by atoms with E-state index in [1.54, 1.807) is 31.4 Å². The van der Waals surface area contributed by atoms with Gasteiger partial charge in [0.1, 0.15) is 17.0 Å². The summed E-state index contributed by atoms with van der Waals surface area (Å²) >= 11 is 1.40. The summed E-state index contributed by atoms with van der Waals surface area (Å²) in [5.74, 6) is 3.70. The van der Waals surface area contributed by atoms with Crippen LogP contribution >= 0.6 is 11.3 Å². The summed E-state index contributed by atoms with van der Waals surface area (Å²) in [4.78, 5) is 17.4. The van der Waals surface area contributed by atoms with Gasteiger partial charge in [-0.15, -0.1) is 6.42 Å². The van der Waals surface area contributed by atoms with Crippen LogP contribution in [0.25, 0.3) is 10.2 Å². The largest absolute Gasteiger partial charge is 0.495 e. The Morgan fingerprint density at radius 2 is 2.04 bits per heavy atom. The van der Waals surface area contributed by atoms with Crippen LogP contribution in [0.4, 0.5) is 0 Å². The summed E-state index contributed by atoms with van der Waals surface area (Å²) in [5, 5.41) is 0. The first-order valence-electron chi connectivity index (χ1n) is 8.09. The molecule has 0 unspecified atom stereocenters. The Kier molecular flexibility index (Phi) is 5.40. The van der Waals surface area contributed by atoms with Crippen molar-refractivity contribution in [2.45, 2.75) is 13.5 Å². The van der Waals surface area contributed by atoms with Crippen molar-refractivity contribution in [2.75, 3.05) is 13.7 Å². The second-order valence-corrected chi connectivity index (χ2v) is 6.37. The van der Waals surface area contributed by atoms with Crippen molar-refractivity contribution in [3.8, 4) is 23.8 Å². The Hall–Kier alpha value is -3.04. The van der Waals surface area contributed by atoms with E-state index in [0.717, 1.165) is 16.0 Å². The maximum Gasteiger partial charge on any atom is 0.279 e. The molecule has 5 nitrogen and oxygen atoms in total. The lowest BCUT2D eigenvalue weighted by molar-refractivity contribution is 0.0998. The third-order valence-electron chi connectivity index (χ3n) is 3.74. The van der Waals surface area contributed by atoms with Gasteiger partial charge >= 0.3 is 0 Å². The molecule has 3 rings (SSSR count). The minimum atomic E-state index is -0.329. The van der Waals surface area contributed by atoms with E-state index in [0.29, 0.717) is 29.3 Å². The molecule has 0 saturated carbocycles. The maximum absolute atomic E-state index is 12.6. The van der Waals surface area contributed by atoms with Gasteiger partial charge in [-0.25, -0.2) is 0 Å². The number of amides is 1. The molecule has 1 heterocycles. The van der Waals surface area contributed by atoms with Crippen LogP contribution in [0.1, 0.15) is 17.3 Å². The van der Waals surface area contributed by atoms with Crippen molar-refractivity contribution in [2.24, 2.45) is 4.99 Å². The molecule has 0 atom stereocenters. The van der Waals surface area contributed by atoms with Gasteiger partial charge in [-0.2, -0.15) is 4.99 Å². The SMILES string of the molecule is C#CCn1c(=NC(=O)c2ccc(OCC)cc2)sc2cccc(OC)c21. The number of carbonyl (C=O) groups is 1. The number of nitrogens with zero attached hydrogens (tertiary/aromatic N) is 2. The monoisotopic (exact) mass is 366 g/mol. The molecule has 0 N–H and O–H groups in total. The third-order valence-corrected chi connectivity index (χ3v) is 4.79. The molecule has 0 aliphatic carbocycles. The molecular formula is C20H18N2O3S. The van der Waals surface area contributed by atoms with E-state index in [1.807, 2.05) is 29.7 Å². The first-order valence-corrected chi connectivity index (χ1v) is 8.91. The molecule has 6 heteroatoms. The average Bonchev–Trinajstić information content (AvgIpc) is 3.00. The van der Waals surface area contributed by atoms with E-state index in [9.17, 15) is 4.79 Å². The minimum Gasteiger partial charge on any atom is -0.495 e. The lowest BCUT2D eigenvalue weighted by Gasteiger charge is -2.05. The quantitative estimate of drug-likeness (QED) is 0.650. The Morgan fingerprint density at radius 1 is 1.27 bits per heavy atom. The highest BCUT2D eigenvalue weighted by Gasteiger charge is 2.12. The number of methoxy groups -OCH3 is 1. The Labute approximate surface area is 155 Å². The van der Waals surface area contributed by atoms with Crippen molar-refractivity contribution in [3.05, 3.63) is 52.8 Å². The number of hydrogen-bond acceptors (Lipinski definition) is 4. The molecule has 0 radical (unpaired) electrons. The second kappa shape index (κ2) is 7.89. The van der Waals surface area contributed by atoms with E-state index in [1.165, 1.54) is 11.3 Å². The fourth-order valence-electron chi connectivity index (χ4n) is 2.60. The number of rotatable bonds is 5. The van der Waals surface area contributed by atoms with E-state index in [2.05, 4.69) is 10.9 Å². The molecule has 0 aliphatic heterocycles. The van der Waals surface area contributed by atoms with Gasteiger partial charge in [0.15, 0.2) is 4.80 Å². The fourth-order valence-corrected chi connectivity index (χ4v) is 3.64. The van der Waals surface area contributed by atoms with Crippen LogP contribution < -0.4 is 14.3 Å². The van der Waals surface area contributed by atoms with Gasteiger partial charge in [0.25, 0.3) is 5.91 Å². The molecule has 0 aliphatic rings. The molecule has 0 spiro atoms. The number of fused-ring (bicyclic) bond motifs is 1. The molecule has 1 amide bonds. The molecular weight excluding hydrogens is 348 g/mol. The summed E-state index contributed by atoms with van der Waals surface area (Å²) in [6, 6.07) is 12.6. The molecule has 1 aromatic heterocycles. The zero-order chi connectivity index (χ0) is 18.5. The van der Waals surface area contributed by atoms with Gasteiger partial charge in [0, 0.05) is 5.56 Å². The summed E-state index contributed by atoms with van der Waals surface area (Å²) < 4.78 is 13.6. The van der Waals surface area contributed by atoms with E-state index < -0.39 is 0 Å². The molecule has 2 aromatic carbocycles. The zero-order valence-corrected chi connectivity index (χ0v) is 15.4. The summed E-state index contributed by atoms with van der Waals surface area (Å²) in [6.45, 7) is 2.79. The van der Waals surface area contributed by atoms with Crippen molar-refractivity contribution >= 4 is 27.5 Å². The zero-order valence-electron chi connectivity index (χ0n) is 14.6. The topological polar surface area (TPSA) is 52.8 Å². The lowest BCUT2D eigenvalue weighted by atomic mass is 10.2. The number of benzene rings is 2. The normalized spacial score (nSPS) is 11.3. The maximum atomic E-state index is 12.6. The number of terminal acetylenes is 1. The van der Waals surface area contributed by atoms with Gasteiger partial charge in [-0.05, 0) is 43.3 Å². The van der Waals surface area contributed by atoms with Crippen molar-refractivity contribution in [3.63, 3.8) is 0 Å². The number of thiazole rings is 1. The molecule has 3 aromatic rings. The highest BCUT2D eigenvalue weighted by molar-refractivity contribution is 7.16. The Bertz CT molecular complexity index is 1040. The standard InChI is InChI=1S/C20H18N2O3S/c1-4-13-22-18-16(24-3)7-6-8-17(18)26-20(22)21-19(23)14-9-11-15(12-10-14)25-5-2/h1,6-12H,5,13H2,2-3H3. The van der Waals surface area contributed by atoms with Gasteiger partial charge < -0.3 is 14.0 Å². The third kappa shape index (κ3) is 3.48. The van der Waals surface area contributed by atoms with Crippen LogP contribution in [0.2, 0.25) is 0 Å². The van der Waals surface area contributed by atoms with Crippen molar-refractivity contribution in [1.82, 2.24) is 4.57 Å². The number of aromatic nitrogens is 1. The summed E-state index contributed by atoms with van der Waals surface area (Å²) in [7, 11) is 1.61. The number of hydrogen-bond donors (Lipinski definition) is 0. The molecule has 0 saturated heterocycles. The van der Waals surface area contributed by atoms with Crippen LogP contribution in [-0.2, 0) is 6.54 Å². The lowest BCUT2D eigenvalue weighted by Crippen LogP contribution is -2.16. The van der Waals surface area contributed by atoms with Crippen molar-refractivity contribution in [1.29, 1.82) is 0 Å². The van der Waals surface area contributed by atoms with Crippen LogP contribution in [0, 0.1) is 12.3 Å². The highest BCUT2D eigenvalue weighted by Crippen LogP contribution is 2.27. The van der Waals surface area contributed by atoms with Gasteiger partial charge in [-0.3, -0.25) is 4.79 Å². The molecule has 0 bridgehead atoms. The average molecular weight is 366 g/mol. The van der Waals surface area contributed by atoms with E-state index in [4.69, 9.17) is 15.9 Å². The van der Waals surface area contributed by atoms with Crippen LogP contribution in [0.15, 0.2) is 47.5 Å². The fraction of sp³-hybridized carbons (Fsp3) is 0.200. The smallest absolute Gasteiger partial charge is 0.279 e. The van der Waals surface area contributed by atoms with Gasteiger partial charge in [0.05, 0.1) is 25.0 Å². The number of para-hydroxylation sites is 1. The van der Waals surface area contributed by atoms with Crippen LogP contribution in [-0.4, -0.2) is 24.2 Å². The predicted molar refractivity (Wildman–Crippen MR) is 103 cm³/mol. The highest BCUT2D eigenvalue weighted by atomic mass is 32.1. The van der Waals surface area contributed by atoms with Gasteiger partial charge in [0.2, 0.25) is 0 Å². The van der Waals surface area contributed by atoms with E-state index >= 15 is 0 Å². The summed E-state index contributed by atoms with van der Waals surface area (Å²) in [5.41, 5.74) is 1.33. The van der Waals surface area contributed by atoms with Gasteiger partial charge in [-0.1, -0.05) is 23.3 Å². The predicted octanol–water partition coefficient (Wildman–Crippen LogP) is 3.48. The molecule has 0 fully saturated rings. The van der Waals surface area contributed by atoms with Crippen molar-refractivity contribution < 1.29 is 14.3 Å². The number of ether oxygens (including phenoxy) is 2. The Balaban J connectivity index is 2.07. The number of carbonyl (C=O) groups excluding carboxylic acids is 1. The Morgan fingerprint density at radius 3 is 2.69 bits per heavy atom. The molecule has 132 valence electrons. The first kappa shape index (κ1) is 17.8. The van der Waals surface area contributed by atoms with E-state index in [-0.39, 0.29) is 5.91 Å². The van der Waals surface area contributed by atoms with Crippen LogP contribution in [0.3, 0.4) is 0 Å².